The van der Waals surface area contributed by atoms with Gasteiger partial charge in [-0.15, -0.1) is 0 Å². The Kier molecular flexibility index (Phi) is 6.34. The van der Waals surface area contributed by atoms with Crippen molar-refractivity contribution < 1.29 is 14.6 Å². The monoisotopic (exact) mass is 547 g/mol. The summed E-state index contributed by atoms with van der Waals surface area (Å²) in [5.74, 6) is 1.31. The quantitative estimate of drug-likeness (QED) is 0.306. The number of aromatic nitrogens is 2. The van der Waals surface area contributed by atoms with E-state index in [0.717, 1.165) is 51.4 Å². The first kappa shape index (κ1) is 24.5. The van der Waals surface area contributed by atoms with Gasteiger partial charge in [-0.1, -0.05) is 41.9 Å². The van der Waals surface area contributed by atoms with Gasteiger partial charge in [-0.2, -0.15) is 10.2 Å². The molecular weight excluding hydrogens is 525 g/mol. The van der Waals surface area contributed by atoms with E-state index in [1.54, 1.807) is 0 Å². The van der Waals surface area contributed by atoms with Crippen molar-refractivity contribution in [2.24, 2.45) is 0 Å². The lowest BCUT2D eigenvalue weighted by molar-refractivity contribution is 0.119. The van der Waals surface area contributed by atoms with Crippen LogP contribution in [0, 0.1) is 11.3 Å². The molecule has 1 saturated heterocycles. The Bertz CT molecular complexity index is 1630. The second-order valence-corrected chi connectivity index (χ2v) is 10.2. The highest BCUT2D eigenvalue weighted by atomic mass is 35.5. The van der Waals surface area contributed by atoms with Gasteiger partial charge in [0.05, 0.1) is 36.0 Å². The molecule has 8 nitrogen and oxygen atoms in total. The molecule has 0 unspecified atom stereocenters. The molecule has 38 heavy (non-hydrogen) atoms. The SMILES string of the molecule is N#CC[C@H]1CN(c2nc(Cl)nc3cc(-c4cccc5cccc(Cl)c45)c4c(c23)OCCC4)CCN1C(=O)O. The molecule has 1 fully saturated rings. The fourth-order valence-corrected chi connectivity index (χ4v) is 6.11. The van der Waals surface area contributed by atoms with E-state index in [1.807, 2.05) is 41.3 Å². The predicted molar refractivity (Wildman–Crippen MR) is 147 cm³/mol. The van der Waals surface area contributed by atoms with Gasteiger partial charge in [0.2, 0.25) is 5.28 Å². The number of amides is 1. The zero-order valence-corrected chi connectivity index (χ0v) is 21.8. The Morgan fingerprint density at radius 1 is 1.13 bits per heavy atom. The van der Waals surface area contributed by atoms with E-state index in [9.17, 15) is 15.2 Å². The second-order valence-electron chi connectivity index (χ2n) is 9.48. The minimum Gasteiger partial charge on any atom is -0.492 e. The van der Waals surface area contributed by atoms with Crippen LogP contribution in [0.1, 0.15) is 18.4 Å². The normalized spacial score (nSPS) is 17.2. The van der Waals surface area contributed by atoms with E-state index in [1.165, 1.54) is 4.90 Å². The number of fused-ring (bicyclic) bond motifs is 4. The molecule has 0 radical (unpaired) electrons. The third-order valence-corrected chi connectivity index (χ3v) is 7.80. The highest BCUT2D eigenvalue weighted by Crippen LogP contribution is 2.46. The van der Waals surface area contributed by atoms with E-state index in [4.69, 9.17) is 27.9 Å². The van der Waals surface area contributed by atoms with Crippen LogP contribution in [0.3, 0.4) is 0 Å². The number of nitriles is 1. The second kappa shape index (κ2) is 9.82. The zero-order valence-electron chi connectivity index (χ0n) is 20.3. The van der Waals surface area contributed by atoms with E-state index < -0.39 is 12.1 Å². The molecule has 4 aromatic rings. The maximum atomic E-state index is 11.8. The van der Waals surface area contributed by atoms with Crippen molar-refractivity contribution in [3.8, 4) is 22.9 Å². The number of nitrogens with zero attached hydrogens (tertiary/aromatic N) is 5. The summed E-state index contributed by atoms with van der Waals surface area (Å²) in [7, 11) is 0. The van der Waals surface area contributed by atoms with Crippen LogP contribution in [0.4, 0.5) is 10.6 Å². The summed E-state index contributed by atoms with van der Waals surface area (Å²) in [6.07, 6.45) is 0.734. The van der Waals surface area contributed by atoms with Crippen LogP contribution in [-0.4, -0.2) is 58.4 Å². The van der Waals surface area contributed by atoms with E-state index in [-0.39, 0.29) is 18.2 Å². The Labute approximate surface area is 229 Å². The molecule has 1 aromatic heterocycles. The van der Waals surface area contributed by atoms with Crippen LogP contribution in [0.5, 0.6) is 5.75 Å². The molecule has 1 N–H and O–H groups in total. The van der Waals surface area contributed by atoms with Crippen LogP contribution >= 0.6 is 23.2 Å². The summed E-state index contributed by atoms with van der Waals surface area (Å²) in [5, 5.41) is 22.5. The van der Waals surface area contributed by atoms with Gasteiger partial charge in [0.1, 0.15) is 11.6 Å². The van der Waals surface area contributed by atoms with E-state index >= 15 is 0 Å². The highest BCUT2D eigenvalue weighted by molar-refractivity contribution is 6.36. The molecule has 0 aliphatic carbocycles. The van der Waals surface area contributed by atoms with Crippen LogP contribution in [0.2, 0.25) is 10.3 Å². The average Bonchev–Trinajstić information content (AvgIpc) is 2.92. The molecule has 2 aliphatic heterocycles. The highest BCUT2D eigenvalue weighted by Gasteiger charge is 2.33. The third kappa shape index (κ3) is 4.12. The number of anilines is 1. The van der Waals surface area contributed by atoms with Gasteiger partial charge in [-0.25, -0.2) is 9.78 Å². The summed E-state index contributed by atoms with van der Waals surface area (Å²) < 4.78 is 6.31. The Balaban J connectivity index is 1.56. The van der Waals surface area contributed by atoms with Crippen molar-refractivity contribution in [3.05, 3.63) is 58.3 Å². The van der Waals surface area contributed by atoms with Gasteiger partial charge in [-0.05, 0) is 53.1 Å². The van der Waals surface area contributed by atoms with Gasteiger partial charge in [0.25, 0.3) is 0 Å². The Morgan fingerprint density at radius 3 is 2.74 bits per heavy atom. The van der Waals surface area contributed by atoms with Crippen LogP contribution in [0.25, 0.3) is 32.8 Å². The molecule has 2 aliphatic rings. The number of carbonyl (C=O) groups is 1. The first-order chi connectivity index (χ1) is 18.5. The summed E-state index contributed by atoms with van der Waals surface area (Å²) in [4.78, 5) is 24.2. The summed E-state index contributed by atoms with van der Waals surface area (Å²) >= 11 is 13.1. The molecule has 10 heteroatoms. The van der Waals surface area contributed by atoms with E-state index in [0.29, 0.717) is 36.1 Å². The maximum absolute atomic E-state index is 11.8. The van der Waals surface area contributed by atoms with Gasteiger partial charge >= 0.3 is 6.09 Å². The molecule has 192 valence electrons. The van der Waals surface area contributed by atoms with Crippen molar-refractivity contribution in [1.82, 2.24) is 14.9 Å². The first-order valence-corrected chi connectivity index (χ1v) is 13.2. The molecule has 0 saturated carbocycles. The molecule has 3 aromatic carbocycles. The van der Waals surface area contributed by atoms with E-state index in [2.05, 4.69) is 22.1 Å². The van der Waals surface area contributed by atoms with Crippen molar-refractivity contribution in [2.45, 2.75) is 25.3 Å². The lowest BCUT2D eigenvalue weighted by atomic mass is 9.89. The topological polar surface area (TPSA) is 103 Å². The first-order valence-electron chi connectivity index (χ1n) is 12.4. The molecule has 1 atom stereocenters. The van der Waals surface area contributed by atoms with Crippen molar-refractivity contribution in [2.75, 3.05) is 31.1 Å². The number of halogens is 2. The predicted octanol–water partition coefficient (Wildman–Crippen LogP) is 6.16. The standard InChI is InChI=1S/C28H23Cl2N5O3/c29-21-8-2-5-16-4-1-6-18(23(16)21)20-14-22-24(25-19(20)7-3-13-38-25)26(33-27(30)32-22)34-11-12-35(28(36)37)17(15-34)9-10-31/h1-2,4-6,8,14,17H,3,7,9,11-13,15H2,(H,36,37)/t17-/m0/s1. The lowest BCUT2D eigenvalue weighted by Crippen LogP contribution is -2.55. The minimum atomic E-state index is -1.03. The number of hydrogen-bond acceptors (Lipinski definition) is 6. The van der Waals surface area contributed by atoms with Crippen LogP contribution in [0.15, 0.2) is 42.5 Å². The number of rotatable bonds is 3. The molecule has 6 rings (SSSR count). The summed E-state index contributed by atoms with van der Waals surface area (Å²) in [6.45, 7) is 1.54. The Hall–Kier alpha value is -3.80. The fraction of sp³-hybridized carbons (Fsp3) is 0.286. The largest absolute Gasteiger partial charge is 0.492 e. The maximum Gasteiger partial charge on any atom is 0.407 e. The Morgan fingerprint density at radius 2 is 1.95 bits per heavy atom. The van der Waals surface area contributed by atoms with Gasteiger partial charge in [0, 0.05) is 35.6 Å². The molecule has 0 spiro atoms. The number of hydrogen-bond donors (Lipinski definition) is 1. The minimum absolute atomic E-state index is 0.0835. The third-order valence-electron chi connectivity index (χ3n) is 7.31. The average molecular weight is 548 g/mol. The zero-order chi connectivity index (χ0) is 26.4. The van der Waals surface area contributed by atoms with Crippen molar-refractivity contribution >= 4 is 56.8 Å². The molecule has 1 amide bonds. The summed E-state index contributed by atoms with van der Waals surface area (Å²) in [5.41, 5.74) is 3.68. The van der Waals surface area contributed by atoms with Crippen molar-refractivity contribution in [1.29, 1.82) is 5.26 Å². The number of piperazine rings is 1. The number of benzene rings is 3. The summed E-state index contributed by atoms with van der Waals surface area (Å²) in [6, 6.07) is 15.7. The number of ether oxygens (including phenoxy) is 1. The number of carboxylic acid groups (broad SMARTS) is 1. The van der Waals surface area contributed by atoms with Gasteiger partial charge in [-0.3, -0.25) is 0 Å². The fourth-order valence-electron chi connectivity index (χ4n) is 5.66. The molecule has 0 bridgehead atoms. The molecular formula is C28H23Cl2N5O3. The molecule has 3 heterocycles. The van der Waals surface area contributed by atoms with Gasteiger partial charge in [0.15, 0.2) is 0 Å². The smallest absolute Gasteiger partial charge is 0.407 e. The van der Waals surface area contributed by atoms with Crippen LogP contribution < -0.4 is 9.64 Å². The van der Waals surface area contributed by atoms with Crippen LogP contribution in [-0.2, 0) is 6.42 Å². The van der Waals surface area contributed by atoms with Crippen molar-refractivity contribution in [3.63, 3.8) is 0 Å². The van der Waals surface area contributed by atoms with Gasteiger partial charge < -0.3 is 19.6 Å². The lowest BCUT2D eigenvalue weighted by Gasteiger charge is -2.40.